The van der Waals surface area contributed by atoms with Crippen molar-refractivity contribution in [2.75, 3.05) is 0 Å². The predicted molar refractivity (Wildman–Crippen MR) is 115 cm³/mol. The summed E-state index contributed by atoms with van der Waals surface area (Å²) in [6, 6.07) is 25.1. The lowest BCUT2D eigenvalue weighted by Gasteiger charge is -2.09. The molecule has 0 aliphatic carbocycles. The van der Waals surface area contributed by atoms with Gasteiger partial charge in [0.25, 0.3) is 11.6 Å². The number of nitrogens with zero attached hydrogens (tertiary/aromatic N) is 3. The van der Waals surface area contributed by atoms with E-state index in [1.807, 2.05) is 70.6 Å². The molecule has 0 spiro atoms. The number of amides is 1. The van der Waals surface area contributed by atoms with E-state index in [4.69, 9.17) is 0 Å². The molecule has 1 amide bonds. The van der Waals surface area contributed by atoms with E-state index in [0.717, 1.165) is 16.9 Å². The summed E-state index contributed by atoms with van der Waals surface area (Å²) in [6.45, 7) is 0. The first-order chi connectivity index (χ1) is 14.6. The number of carbonyl (C=O) groups excluding carboxylic acids is 1. The lowest BCUT2D eigenvalue weighted by Crippen LogP contribution is -2.24. The summed E-state index contributed by atoms with van der Waals surface area (Å²) in [5, 5.41) is 17.2. The maximum Gasteiger partial charge on any atom is 0.271 e. The van der Waals surface area contributed by atoms with E-state index in [1.165, 1.54) is 35.6 Å². The van der Waals surface area contributed by atoms with E-state index >= 15 is 0 Å². The maximum absolute atomic E-state index is 12.5. The van der Waals surface area contributed by atoms with Crippen LogP contribution in [0, 0.1) is 10.1 Å². The Morgan fingerprint density at radius 3 is 2.37 bits per heavy atom. The first-order valence-corrected chi connectivity index (χ1v) is 9.91. The van der Waals surface area contributed by atoms with Gasteiger partial charge in [0.15, 0.2) is 0 Å². The molecule has 0 unspecified atom stereocenters. The van der Waals surface area contributed by atoms with Crippen molar-refractivity contribution in [3.63, 3.8) is 0 Å². The van der Waals surface area contributed by atoms with Gasteiger partial charge >= 0.3 is 0 Å². The summed E-state index contributed by atoms with van der Waals surface area (Å²) in [5.74, 6) is -0.520. The van der Waals surface area contributed by atoms with Crippen LogP contribution in [0.1, 0.15) is 10.4 Å². The Balaban J connectivity index is 1.73. The molecule has 1 aromatic heterocycles. The van der Waals surface area contributed by atoms with Gasteiger partial charge in [-0.2, -0.15) is 0 Å². The Morgan fingerprint density at radius 2 is 1.67 bits per heavy atom. The first kappa shape index (κ1) is 19.3. The highest BCUT2D eigenvalue weighted by atomic mass is 32.1. The Labute approximate surface area is 175 Å². The third kappa shape index (κ3) is 4.03. The van der Waals surface area contributed by atoms with Crippen LogP contribution < -0.4 is 10.2 Å². The van der Waals surface area contributed by atoms with Crippen LogP contribution in [0.3, 0.4) is 0 Å². The quantitative estimate of drug-likeness (QED) is 0.387. The molecule has 148 valence electrons. The average Bonchev–Trinajstić information content (AvgIpc) is 3.22. The molecule has 0 saturated carbocycles. The van der Waals surface area contributed by atoms with Crippen LogP contribution in [0.4, 0.5) is 5.69 Å². The number of hydrogen-bond acceptors (Lipinski definition) is 5. The third-order valence-corrected chi connectivity index (χ3v) is 5.19. The van der Waals surface area contributed by atoms with Gasteiger partial charge in [0, 0.05) is 28.8 Å². The molecule has 0 aliphatic rings. The molecule has 0 atom stereocenters. The van der Waals surface area contributed by atoms with E-state index in [2.05, 4.69) is 10.5 Å². The summed E-state index contributed by atoms with van der Waals surface area (Å²) in [6.07, 6.45) is 0. The molecule has 8 heteroatoms. The van der Waals surface area contributed by atoms with Crippen LogP contribution in [0.5, 0.6) is 0 Å². The average molecular weight is 416 g/mol. The van der Waals surface area contributed by atoms with E-state index in [9.17, 15) is 14.9 Å². The number of thiazole rings is 1. The molecule has 0 radical (unpaired) electrons. The van der Waals surface area contributed by atoms with Crippen molar-refractivity contribution in [1.82, 2.24) is 9.99 Å². The zero-order valence-electron chi connectivity index (χ0n) is 15.6. The zero-order valence-corrected chi connectivity index (χ0v) is 16.5. The van der Waals surface area contributed by atoms with Crippen LogP contribution in [0.15, 0.2) is 95.4 Å². The number of rotatable bonds is 5. The van der Waals surface area contributed by atoms with Crippen LogP contribution in [0.2, 0.25) is 0 Å². The number of nitro benzene ring substituents is 1. The highest BCUT2D eigenvalue weighted by Gasteiger charge is 2.13. The van der Waals surface area contributed by atoms with E-state index < -0.39 is 10.8 Å². The molecule has 1 N–H and O–H groups in total. The van der Waals surface area contributed by atoms with Crippen LogP contribution in [0.25, 0.3) is 16.9 Å². The number of non-ortho nitro benzene ring substituents is 1. The maximum atomic E-state index is 12.5. The molecule has 3 aromatic carbocycles. The number of nitrogens with one attached hydrogen (secondary N) is 1. The lowest BCUT2D eigenvalue weighted by atomic mass is 10.1. The number of benzene rings is 3. The number of hydrogen-bond donors (Lipinski definition) is 1. The number of nitro groups is 1. The molecule has 4 rings (SSSR count). The van der Waals surface area contributed by atoms with Gasteiger partial charge in [-0.1, -0.05) is 54.6 Å². The van der Waals surface area contributed by atoms with Crippen LogP contribution in [-0.4, -0.2) is 15.4 Å². The Morgan fingerprint density at radius 1 is 0.967 bits per heavy atom. The van der Waals surface area contributed by atoms with E-state index in [1.54, 1.807) is 0 Å². The summed E-state index contributed by atoms with van der Waals surface area (Å²) in [4.78, 5) is 23.5. The van der Waals surface area contributed by atoms with E-state index in [-0.39, 0.29) is 11.3 Å². The lowest BCUT2D eigenvalue weighted by molar-refractivity contribution is -0.384. The fourth-order valence-corrected chi connectivity index (χ4v) is 3.82. The Bertz CT molecular complexity index is 1260. The molecule has 4 aromatic rings. The highest BCUT2D eigenvalue weighted by Crippen LogP contribution is 2.23. The second-order valence-electron chi connectivity index (χ2n) is 6.30. The fraction of sp³-hybridized carbons (Fsp3) is 0. The Kier molecular flexibility index (Phi) is 5.49. The van der Waals surface area contributed by atoms with Crippen molar-refractivity contribution in [1.29, 1.82) is 0 Å². The molecule has 0 saturated heterocycles. The summed E-state index contributed by atoms with van der Waals surface area (Å²) in [7, 11) is 0. The molecular formula is C22H16N4O3S. The minimum Gasteiger partial charge on any atom is -0.284 e. The monoisotopic (exact) mass is 416 g/mol. The first-order valence-electron chi connectivity index (χ1n) is 9.03. The molecule has 0 aliphatic heterocycles. The van der Waals surface area contributed by atoms with E-state index in [0.29, 0.717) is 4.80 Å². The van der Waals surface area contributed by atoms with Gasteiger partial charge in [-0.15, -0.1) is 16.4 Å². The normalized spacial score (nSPS) is 11.3. The Hall–Kier alpha value is -4.04. The third-order valence-electron chi connectivity index (χ3n) is 4.36. The number of para-hydroxylation sites is 1. The van der Waals surface area contributed by atoms with Crippen molar-refractivity contribution in [3.8, 4) is 16.9 Å². The molecule has 30 heavy (non-hydrogen) atoms. The number of carbonyl (C=O) groups is 1. The largest absolute Gasteiger partial charge is 0.284 e. The predicted octanol–water partition coefficient (Wildman–Crippen LogP) is 4.36. The van der Waals surface area contributed by atoms with Crippen LogP contribution in [-0.2, 0) is 0 Å². The van der Waals surface area contributed by atoms with Gasteiger partial charge in [-0.05, 0) is 23.8 Å². The van der Waals surface area contributed by atoms with Crippen molar-refractivity contribution in [2.24, 2.45) is 5.10 Å². The van der Waals surface area contributed by atoms with Gasteiger partial charge < -0.3 is 0 Å². The smallest absolute Gasteiger partial charge is 0.271 e. The molecule has 0 fully saturated rings. The summed E-state index contributed by atoms with van der Waals surface area (Å²) < 4.78 is 1.95. The zero-order chi connectivity index (χ0) is 20.9. The van der Waals surface area contributed by atoms with Gasteiger partial charge in [0.2, 0.25) is 4.80 Å². The molecule has 0 bridgehead atoms. The second kappa shape index (κ2) is 8.54. The number of aromatic nitrogens is 1. The van der Waals surface area contributed by atoms with Crippen molar-refractivity contribution < 1.29 is 9.72 Å². The fourth-order valence-electron chi connectivity index (χ4n) is 2.95. The highest BCUT2D eigenvalue weighted by molar-refractivity contribution is 7.07. The standard InChI is InChI=1S/C22H16N4O3S/c27-21(17-10-7-13-19(14-17)26(28)29)23-24-22-25(18-11-5-2-6-12-18)20(15-30-22)16-8-3-1-4-9-16/h1-15H,(H,23,27)/b24-22+. The molecular weight excluding hydrogens is 400 g/mol. The summed E-state index contributed by atoms with van der Waals surface area (Å²) in [5.41, 5.74) is 5.39. The minimum absolute atomic E-state index is 0.149. The van der Waals surface area contributed by atoms with Gasteiger partial charge in [-0.3, -0.25) is 19.5 Å². The topological polar surface area (TPSA) is 89.5 Å². The van der Waals surface area contributed by atoms with Gasteiger partial charge in [0.05, 0.1) is 10.6 Å². The molecule has 7 nitrogen and oxygen atoms in total. The SMILES string of the molecule is O=C(N/N=c1/scc(-c2ccccc2)n1-c1ccccc1)c1cccc([N+](=O)[O-])c1. The van der Waals surface area contributed by atoms with Gasteiger partial charge in [-0.25, -0.2) is 5.43 Å². The summed E-state index contributed by atoms with van der Waals surface area (Å²) >= 11 is 1.38. The second-order valence-corrected chi connectivity index (χ2v) is 7.14. The van der Waals surface area contributed by atoms with Crippen molar-refractivity contribution >= 4 is 22.9 Å². The van der Waals surface area contributed by atoms with Crippen molar-refractivity contribution in [2.45, 2.75) is 0 Å². The molecule has 1 heterocycles. The minimum atomic E-state index is -0.539. The van der Waals surface area contributed by atoms with Crippen molar-refractivity contribution in [3.05, 3.63) is 111 Å². The van der Waals surface area contributed by atoms with Crippen LogP contribution >= 0.6 is 11.3 Å². The van der Waals surface area contributed by atoms with Gasteiger partial charge in [0.1, 0.15) is 0 Å².